The molecule has 0 atom stereocenters. The van der Waals surface area contributed by atoms with Gasteiger partial charge in [-0.1, -0.05) is 25.1 Å². The Balaban J connectivity index is 2.25. The number of benzene rings is 2. The van der Waals surface area contributed by atoms with Gasteiger partial charge in [0.1, 0.15) is 12.4 Å². The van der Waals surface area contributed by atoms with Crippen LogP contribution in [0.2, 0.25) is 0 Å². The second-order valence-electron chi connectivity index (χ2n) is 5.82. The van der Waals surface area contributed by atoms with Gasteiger partial charge in [0, 0.05) is 18.3 Å². The molecule has 0 aliphatic carbocycles. The fraction of sp³-hybridized carbons (Fsp3) is 0.316. The summed E-state index contributed by atoms with van der Waals surface area (Å²) in [6, 6.07) is 8.37. The first-order valence-electron chi connectivity index (χ1n) is 8.15. The molecule has 2 N–H and O–H groups in total. The molecule has 0 unspecified atom stereocenters. The first kappa shape index (κ1) is 19.6. The van der Waals surface area contributed by atoms with Crippen LogP contribution in [0.4, 0.5) is 23.7 Å². The lowest BCUT2D eigenvalue weighted by molar-refractivity contribution is -0.137. The molecule has 2 amide bonds. The molecule has 2 rings (SSSR count). The number of hydrogen-bond donors (Lipinski definition) is 2. The topological polar surface area (TPSA) is 50.4 Å². The standard InChI is InChI=1S/C19H21F3N2O2/c1-4-13-5-8-17(12(2)9-13)26-11-14-6-7-15(19(20,21)22)10-16(14)24-18(25)23-3/h5-10H,4,11H2,1-3H3,(H2,23,24,25). The van der Waals surface area contributed by atoms with Crippen molar-refractivity contribution in [3.05, 3.63) is 58.7 Å². The summed E-state index contributed by atoms with van der Waals surface area (Å²) in [5, 5.41) is 4.73. The van der Waals surface area contributed by atoms with E-state index in [1.54, 1.807) is 0 Å². The highest BCUT2D eigenvalue weighted by Gasteiger charge is 2.31. The summed E-state index contributed by atoms with van der Waals surface area (Å²) >= 11 is 0. The highest BCUT2D eigenvalue weighted by Crippen LogP contribution is 2.33. The highest BCUT2D eigenvalue weighted by atomic mass is 19.4. The summed E-state index contributed by atoms with van der Waals surface area (Å²) in [6.07, 6.45) is -3.59. The van der Waals surface area contributed by atoms with Gasteiger partial charge in [-0.25, -0.2) is 4.79 Å². The lowest BCUT2D eigenvalue weighted by atomic mass is 10.1. The normalized spacial score (nSPS) is 11.2. The summed E-state index contributed by atoms with van der Waals surface area (Å²) in [5.41, 5.74) is 1.78. The third-order valence-corrected chi connectivity index (χ3v) is 3.94. The van der Waals surface area contributed by atoms with Gasteiger partial charge >= 0.3 is 12.2 Å². The van der Waals surface area contributed by atoms with Gasteiger partial charge < -0.3 is 15.4 Å². The molecule has 0 bridgehead atoms. The Kier molecular flexibility index (Phi) is 6.13. The molecule has 0 spiro atoms. The molecule has 0 aliphatic rings. The summed E-state index contributed by atoms with van der Waals surface area (Å²) in [4.78, 5) is 11.5. The third kappa shape index (κ3) is 4.91. The predicted molar refractivity (Wildman–Crippen MR) is 94.4 cm³/mol. The van der Waals surface area contributed by atoms with E-state index in [4.69, 9.17) is 4.74 Å². The van der Waals surface area contributed by atoms with Crippen LogP contribution in [0.5, 0.6) is 5.75 Å². The Morgan fingerprint density at radius 3 is 2.46 bits per heavy atom. The van der Waals surface area contributed by atoms with Crippen LogP contribution in [0, 0.1) is 6.92 Å². The third-order valence-electron chi connectivity index (χ3n) is 3.94. The van der Waals surface area contributed by atoms with E-state index in [1.807, 2.05) is 32.0 Å². The quantitative estimate of drug-likeness (QED) is 0.790. The average Bonchev–Trinajstić information content (AvgIpc) is 2.60. The van der Waals surface area contributed by atoms with Gasteiger partial charge in [0.25, 0.3) is 0 Å². The van der Waals surface area contributed by atoms with Crippen molar-refractivity contribution in [1.82, 2.24) is 5.32 Å². The first-order valence-corrected chi connectivity index (χ1v) is 8.15. The van der Waals surface area contributed by atoms with Crippen LogP contribution in [-0.4, -0.2) is 13.1 Å². The summed E-state index contributed by atoms with van der Waals surface area (Å²) in [6.45, 7) is 3.99. The van der Waals surface area contributed by atoms with Gasteiger partial charge in [-0.05, 0) is 42.7 Å². The molecule has 0 saturated carbocycles. The summed E-state index contributed by atoms with van der Waals surface area (Å²) in [5.74, 6) is 0.646. The van der Waals surface area contributed by atoms with Crippen molar-refractivity contribution < 1.29 is 22.7 Å². The van der Waals surface area contributed by atoms with Crippen LogP contribution in [-0.2, 0) is 19.2 Å². The number of urea groups is 1. The molecule has 0 saturated heterocycles. The number of amides is 2. The van der Waals surface area contributed by atoms with E-state index in [9.17, 15) is 18.0 Å². The Morgan fingerprint density at radius 1 is 1.15 bits per heavy atom. The van der Waals surface area contributed by atoms with E-state index in [-0.39, 0.29) is 12.3 Å². The number of ether oxygens (including phenoxy) is 1. The van der Waals surface area contributed by atoms with Gasteiger partial charge in [-0.3, -0.25) is 0 Å². The lowest BCUT2D eigenvalue weighted by Gasteiger charge is -2.16. The Bertz CT molecular complexity index is 789. The molecule has 0 aromatic heterocycles. The van der Waals surface area contributed by atoms with Crippen LogP contribution >= 0.6 is 0 Å². The minimum atomic E-state index is -4.49. The monoisotopic (exact) mass is 366 g/mol. The van der Waals surface area contributed by atoms with Gasteiger partial charge in [0.05, 0.1) is 5.56 Å². The molecule has 140 valence electrons. The Hall–Kier alpha value is -2.70. The smallest absolute Gasteiger partial charge is 0.416 e. The SMILES string of the molecule is CCc1ccc(OCc2ccc(C(F)(F)F)cc2NC(=O)NC)c(C)c1. The van der Waals surface area contributed by atoms with E-state index >= 15 is 0 Å². The minimum Gasteiger partial charge on any atom is -0.489 e. The average molecular weight is 366 g/mol. The van der Waals surface area contributed by atoms with E-state index in [0.29, 0.717) is 11.3 Å². The van der Waals surface area contributed by atoms with Gasteiger partial charge in [-0.2, -0.15) is 13.2 Å². The Morgan fingerprint density at radius 2 is 1.88 bits per heavy atom. The number of alkyl halides is 3. The molecular formula is C19H21F3N2O2. The molecule has 2 aromatic carbocycles. The van der Waals surface area contributed by atoms with Gasteiger partial charge in [0.2, 0.25) is 0 Å². The van der Waals surface area contributed by atoms with Crippen LogP contribution in [0.15, 0.2) is 36.4 Å². The largest absolute Gasteiger partial charge is 0.489 e. The number of halogens is 3. The van der Waals surface area contributed by atoms with E-state index in [0.717, 1.165) is 24.1 Å². The zero-order valence-corrected chi connectivity index (χ0v) is 14.8. The van der Waals surface area contributed by atoms with Crippen molar-refractivity contribution >= 4 is 11.7 Å². The maximum atomic E-state index is 12.9. The number of hydrogen-bond acceptors (Lipinski definition) is 2. The fourth-order valence-corrected chi connectivity index (χ4v) is 2.43. The number of carbonyl (C=O) groups excluding carboxylic acids is 1. The fourth-order valence-electron chi connectivity index (χ4n) is 2.43. The number of carbonyl (C=O) groups is 1. The molecule has 0 radical (unpaired) electrons. The highest BCUT2D eigenvalue weighted by molar-refractivity contribution is 5.90. The molecular weight excluding hydrogens is 345 g/mol. The van der Waals surface area contributed by atoms with E-state index in [1.165, 1.54) is 18.7 Å². The second-order valence-corrected chi connectivity index (χ2v) is 5.82. The van der Waals surface area contributed by atoms with Gasteiger partial charge in [-0.15, -0.1) is 0 Å². The summed E-state index contributed by atoms with van der Waals surface area (Å²) in [7, 11) is 1.39. The number of aryl methyl sites for hydroxylation is 2. The van der Waals surface area contributed by atoms with E-state index < -0.39 is 17.8 Å². The zero-order chi connectivity index (χ0) is 19.3. The van der Waals surface area contributed by atoms with Crippen molar-refractivity contribution in [3.8, 4) is 5.75 Å². The van der Waals surface area contributed by atoms with Gasteiger partial charge in [0.15, 0.2) is 0 Å². The predicted octanol–water partition coefficient (Wildman–Crippen LogP) is 4.91. The van der Waals surface area contributed by atoms with Crippen molar-refractivity contribution in [3.63, 3.8) is 0 Å². The minimum absolute atomic E-state index is 0.0315. The maximum absolute atomic E-state index is 12.9. The Labute approximate surface area is 150 Å². The van der Waals surface area contributed by atoms with Crippen LogP contribution in [0.25, 0.3) is 0 Å². The first-order chi connectivity index (χ1) is 12.2. The number of nitrogens with one attached hydrogen (secondary N) is 2. The van der Waals surface area contributed by atoms with E-state index in [2.05, 4.69) is 10.6 Å². The van der Waals surface area contributed by atoms with Crippen LogP contribution < -0.4 is 15.4 Å². The summed E-state index contributed by atoms with van der Waals surface area (Å²) < 4.78 is 44.6. The lowest BCUT2D eigenvalue weighted by Crippen LogP contribution is -2.25. The van der Waals surface area contributed by atoms with Crippen molar-refractivity contribution in [1.29, 1.82) is 0 Å². The number of anilines is 1. The second kappa shape index (κ2) is 8.12. The van der Waals surface area contributed by atoms with Crippen LogP contribution in [0.1, 0.15) is 29.2 Å². The van der Waals surface area contributed by atoms with Crippen LogP contribution in [0.3, 0.4) is 0 Å². The zero-order valence-electron chi connectivity index (χ0n) is 14.8. The molecule has 7 heteroatoms. The molecule has 0 fully saturated rings. The molecule has 2 aromatic rings. The number of rotatable bonds is 5. The molecule has 0 heterocycles. The molecule has 0 aliphatic heterocycles. The molecule has 26 heavy (non-hydrogen) atoms. The van der Waals surface area contributed by atoms with Crippen molar-refractivity contribution in [2.75, 3.05) is 12.4 Å². The molecule has 4 nitrogen and oxygen atoms in total. The van der Waals surface area contributed by atoms with Crippen molar-refractivity contribution in [2.24, 2.45) is 0 Å². The maximum Gasteiger partial charge on any atom is 0.416 e. The van der Waals surface area contributed by atoms with Crippen molar-refractivity contribution in [2.45, 2.75) is 33.1 Å².